The van der Waals surface area contributed by atoms with Gasteiger partial charge in [-0.05, 0) is 54.6 Å². The van der Waals surface area contributed by atoms with Crippen molar-refractivity contribution in [2.45, 2.75) is 6.04 Å². The van der Waals surface area contributed by atoms with Crippen molar-refractivity contribution < 1.29 is 19.2 Å². The number of halogens is 2. The van der Waals surface area contributed by atoms with Crippen LogP contribution in [0, 0.1) is 5.82 Å². The molecular formula is C26H20ClFN4O3. The second-order valence-electron chi connectivity index (χ2n) is 7.49. The Morgan fingerprint density at radius 2 is 1.69 bits per heavy atom. The molecule has 0 aromatic heterocycles. The molecule has 176 valence electrons. The topological polar surface area (TPSA) is 94.0 Å². The lowest BCUT2D eigenvalue weighted by atomic mass is 10.0. The minimum atomic E-state index is -1.36. The fourth-order valence-corrected chi connectivity index (χ4v) is 3.50. The molecule has 2 aromatic rings. The highest BCUT2D eigenvalue weighted by Crippen LogP contribution is 2.22. The van der Waals surface area contributed by atoms with Crippen LogP contribution in [0.2, 0.25) is 5.02 Å². The van der Waals surface area contributed by atoms with Gasteiger partial charge in [0.15, 0.2) is 0 Å². The molecule has 9 heteroatoms. The second kappa shape index (κ2) is 10.8. The Morgan fingerprint density at radius 1 is 0.971 bits per heavy atom. The third kappa shape index (κ3) is 6.00. The maximum Gasteiger partial charge on any atom is 0.320 e. The molecule has 1 unspecified atom stereocenters. The molecule has 2 aromatic carbocycles. The van der Waals surface area contributed by atoms with Gasteiger partial charge in [-0.25, -0.2) is 19.2 Å². The van der Waals surface area contributed by atoms with Gasteiger partial charge in [0.05, 0.1) is 11.4 Å². The number of carbonyl (C=O) groups is 2. The number of urea groups is 1. The smallest absolute Gasteiger partial charge is 0.320 e. The summed E-state index contributed by atoms with van der Waals surface area (Å²) in [4.78, 5) is 29.7. The van der Waals surface area contributed by atoms with E-state index in [1.54, 1.807) is 72.9 Å². The SMILES string of the molecule is O=C(Nc1ccc(Cl)cc1)NC(C(=O)N=C1C=CC(=C2C=CC=CN2O)C=C1)c1ccccc1F. The maximum absolute atomic E-state index is 14.5. The molecule has 0 saturated heterocycles. The normalized spacial score (nSPS) is 15.3. The number of hydrogen-bond donors (Lipinski definition) is 3. The quantitative estimate of drug-likeness (QED) is 0.530. The van der Waals surface area contributed by atoms with Crippen LogP contribution in [0.5, 0.6) is 0 Å². The number of rotatable bonds is 4. The van der Waals surface area contributed by atoms with Crippen LogP contribution in [0.3, 0.4) is 0 Å². The Morgan fingerprint density at radius 3 is 2.37 bits per heavy atom. The van der Waals surface area contributed by atoms with Crippen LogP contribution in [0.4, 0.5) is 14.9 Å². The largest absolute Gasteiger partial charge is 0.322 e. The zero-order chi connectivity index (χ0) is 24.8. The number of hydrogen-bond acceptors (Lipinski definition) is 4. The second-order valence-corrected chi connectivity index (χ2v) is 7.92. The molecule has 0 fully saturated rings. The van der Waals surface area contributed by atoms with E-state index in [4.69, 9.17) is 11.6 Å². The van der Waals surface area contributed by atoms with Gasteiger partial charge < -0.3 is 10.6 Å². The molecule has 3 amide bonds. The fraction of sp³-hybridized carbons (Fsp3) is 0.0385. The average Bonchev–Trinajstić information content (AvgIpc) is 2.85. The van der Waals surface area contributed by atoms with Gasteiger partial charge in [0.1, 0.15) is 11.9 Å². The first-order chi connectivity index (χ1) is 16.9. The molecule has 35 heavy (non-hydrogen) atoms. The fourth-order valence-electron chi connectivity index (χ4n) is 3.37. The molecule has 7 nitrogen and oxygen atoms in total. The molecule has 0 saturated carbocycles. The minimum Gasteiger partial charge on any atom is -0.322 e. The number of anilines is 1. The summed E-state index contributed by atoms with van der Waals surface area (Å²) < 4.78 is 14.5. The lowest BCUT2D eigenvalue weighted by Crippen LogP contribution is -2.37. The van der Waals surface area contributed by atoms with Crippen molar-refractivity contribution in [3.05, 3.63) is 125 Å². The average molecular weight is 491 g/mol. The van der Waals surface area contributed by atoms with E-state index in [2.05, 4.69) is 15.6 Å². The summed E-state index contributed by atoms with van der Waals surface area (Å²) in [6.45, 7) is 0. The van der Waals surface area contributed by atoms with Crippen molar-refractivity contribution in [1.29, 1.82) is 0 Å². The predicted molar refractivity (Wildman–Crippen MR) is 132 cm³/mol. The number of allylic oxidation sites excluding steroid dienone is 8. The van der Waals surface area contributed by atoms with Gasteiger partial charge in [0, 0.05) is 28.0 Å². The molecule has 1 aliphatic carbocycles. The highest BCUT2D eigenvalue weighted by atomic mass is 35.5. The summed E-state index contributed by atoms with van der Waals surface area (Å²) in [5.74, 6) is -1.41. The van der Waals surface area contributed by atoms with Crippen molar-refractivity contribution in [3.8, 4) is 0 Å². The van der Waals surface area contributed by atoms with Crippen molar-refractivity contribution in [1.82, 2.24) is 10.4 Å². The van der Waals surface area contributed by atoms with E-state index in [-0.39, 0.29) is 5.56 Å². The number of nitrogens with one attached hydrogen (secondary N) is 2. The van der Waals surface area contributed by atoms with E-state index >= 15 is 0 Å². The molecule has 0 spiro atoms. The van der Waals surface area contributed by atoms with Gasteiger partial charge in [-0.1, -0.05) is 48.0 Å². The van der Waals surface area contributed by atoms with E-state index in [1.165, 1.54) is 24.4 Å². The summed E-state index contributed by atoms with van der Waals surface area (Å²) in [6.07, 6.45) is 13.2. The first-order valence-corrected chi connectivity index (χ1v) is 10.9. The molecule has 1 atom stereocenters. The van der Waals surface area contributed by atoms with E-state index in [0.29, 0.717) is 27.7 Å². The third-order valence-corrected chi connectivity index (χ3v) is 5.33. The number of aliphatic imine (C=N–C) groups is 1. The molecule has 4 rings (SSSR count). The first-order valence-electron chi connectivity index (χ1n) is 10.5. The summed E-state index contributed by atoms with van der Waals surface area (Å²) in [5, 5.41) is 16.5. The number of carbonyl (C=O) groups excluding carboxylic acids is 2. The van der Waals surface area contributed by atoms with Crippen LogP contribution >= 0.6 is 11.6 Å². The van der Waals surface area contributed by atoms with Crippen LogP contribution in [0.1, 0.15) is 11.6 Å². The maximum atomic E-state index is 14.5. The predicted octanol–water partition coefficient (Wildman–Crippen LogP) is 5.46. The van der Waals surface area contributed by atoms with Crippen LogP contribution in [0.15, 0.2) is 114 Å². The monoisotopic (exact) mass is 490 g/mol. The van der Waals surface area contributed by atoms with Crippen molar-refractivity contribution in [2.24, 2.45) is 4.99 Å². The van der Waals surface area contributed by atoms with E-state index < -0.39 is 23.8 Å². The molecule has 3 N–H and O–H groups in total. The summed E-state index contributed by atoms with van der Waals surface area (Å²) in [6, 6.07) is 9.98. The molecule has 1 heterocycles. The first kappa shape index (κ1) is 23.9. The Kier molecular flexibility index (Phi) is 7.35. The summed E-state index contributed by atoms with van der Waals surface area (Å²) in [5.41, 5.74) is 1.98. The van der Waals surface area contributed by atoms with Gasteiger partial charge in [0.25, 0.3) is 5.91 Å². The van der Waals surface area contributed by atoms with Crippen molar-refractivity contribution >= 4 is 34.9 Å². The van der Waals surface area contributed by atoms with E-state index in [0.717, 1.165) is 5.06 Å². The Hall–Kier alpha value is -4.27. The Labute approximate surface area is 205 Å². The van der Waals surface area contributed by atoms with Crippen LogP contribution in [-0.4, -0.2) is 27.9 Å². The summed E-state index contributed by atoms with van der Waals surface area (Å²) >= 11 is 5.86. The van der Waals surface area contributed by atoms with E-state index in [1.807, 2.05) is 0 Å². The molecule has 0 bridgehead atoms. The zero-order valence-electron chi connectivity index (χ0n) is 18.2. The number of nitrogens with zero attached hydrogens (tertiary/aromatic N) is 2. The number of hydroxylamine groups is 2. The Bertz CT molecular complexity index is 1310. The lowest BCUT2D eigenvalue weighted by molar-refractivity contribution is -0.119. The van der Waals surface area contributed by atoms with Gasteiger partial charge in [-0.15, -0.1) is 0 Å². The van der Waals surface area contributed by atoms with Gasteiger partial charge in [0.2, 0.25) is 0 Å². The van der Waals surface area contributed by atoms with Crippen LogP contribution in [-0.2, 0) is 4.79 Å². The lowest BCUT2D eigenvalue weighted by Gasteiger charge is -2.19. The zero-order valence-corrected chi connectivity index (χ0v) is 19.0. The Balaban J connectivity index is 1.55. The van der Waals surface area contributed by atoms with Crippen LogP contribution < -0.4 is 10.6 Å². The minimum absolute atomic E-state index is 0.0188. The van der Waals surface area contributed by atoms with Gasteiger partial charge >= 0.3 is 6.03 Å². The number of amides is 3. The molecule has 2 aliphatic rings. The third-order valence-electron chi connectivity index (χ3n) is 5.08. The van der Waals surface area contributed by atoms with Crippen molar-refractivity contribution in [3.63, 3.8) is 0 Å². The molecular weight excluding hydrogens is 471 g/mol. The highest BCUT2D eigenvalue weighted by molar-refractivity contribution is 6.30. The standard InChI is InChI=1S/C26H20ClFN4O3/c27-18-10-14-20(15-11-18)30-26(34)31-24(21-5-1-2-6-22(21)28)25(33)29-19-12-8-17(9-13-19)23-7-3-4-16-32(23)35/h1-16,24,35H,(H2,30,31,34). The molecule has 1 aliphatic heterocycles. The van der Waals surface area contributed by atoms with Gasteiger partial charge in [-0.3, -0.25) is 10.0 Å². The van der Waals surface area contributed by atoms with Gasteiger partial charge in [-0.2, -0.15) is 0 Å². The van der Waals surface area contributed by atoms with Crippen molar-refractivity contribution in [2.75, 3.05) is 5.32 Å². The number of benzene rings is 2. The van der Waals surface area contributed by atoms with Crippen LogP contribution in [0.25, 0.3) is 0 Å². The summed E-state index contributed by atoms with van der Waals surface area (Å²) in [7, 11) is 0. The molecule has 0 radical (unpaired) electrons. The van der Waals surface area contributed by atoms with E-state index in [9.17, 15) is 19.2 Å². The highest BCUT2D eigenvalue weighted by Gasteiger charge is 2.26.